The van der Waals surface area contributed by atoms with Crippen molar-refractivity contribution in [3.8, 4) is 0 Å². The number of aromatic nitrogens is 2. The summed E-state index contributed by atoms with van der Waals surface area (Å²) in [6.07, 6.45) is 1.47. The largest absolute Gasteiger partial charge is 0.374 e. The van der Waals surface area contributed by atoms with Gasteiger partial charge < -0.3 is 9.64 Å². The van der Waals surface area contributed by atoms with Gasteiger partial charge in [0.25, 0.3) is 5.56 Å². The van der Waals surface area contributed by atoms with Crippen LogP contribution in [-0.2, 0) is 11.3 Å². The molecule has 0 aromatic carbocycles. The van der Waals surface area contributed by atoms with Crippen molar-refractivity contribution in [3.05, 3.63) is 26.3 Å². The standard InChI is InChI=1S/C10H13BrClN3O2/c1-14-2-3-17-7(4-14)5-15-6-13-9(12)8(11)10(15)16/h6-7H,2-5H2,1H3. The summed E-state index contributed by atoms with van der Waals surface area (Å²) in [5.41, 5.74) is -0.179. The summed E-state index contributed by atoms with van der Waals surface area (Å²) in [7, 11) is 2.04. The summed E-state index contributed by atoms with van der Waals surface area (Å²) in [6.45, 7) is 2.92. The summed E-state index contributed by atoms with van der Waals surface area (Å²) in [5.74, 6) is 0. The Kier molecular flexibility index (Phi) is 4.19. The second-order valence-electron chi connectivity index (χ2n) is 4.06. The van der Waals surface area contributed by atoms with Gasteiger partial charge in [0.2, 0.25) is 0 Å². The monoisotopic (exact) mass is 321 g/mol. The van der Waals surface area contributed by atoms with Crippen LogP contribution in [0.4, 0.5) is 0 Å². The molecule has 0 saturated carbocycles. The van der Waals surface area contributed by atoms with E-state index in [0.717, 1.165) is 13.1 Å². The van der Waals surface area contributed by atoms with E-state index in [4.69, 9.17) is 16.3 Å². The Morgan fingerprint density at radius 2 is 2.47 bits per heavy atom. The molecule has 1 aliphatic heterocycles. The molecule has 5 nitrogen and oxygen atoms in total. The van der Waals surface area contributed by atoms with Crippen molar-refractivity contribution < 1.29 is 4.74 Å². The normalized spacial score (nSPS) is 21.7. The Labute approximate surface area is 112 Å². The fraction of sp³-hybridized carbons (Fsp3) is 0.600. The van der Waals surface area contributed by atoms with E-state index in [0.29, 0.717) is 17.6 Å². The maximum Gasteiger partial charge on any atom is 0.269 e. The molecule has 1 aliphatic rings. The fourth-order valence-corrected chi connectivity index (χ4v) is 2.23. The Hall–Kier alpha value is -0.430. The number of hydrogen-bond acceptors (Lipinski definition) is 4. The highest BCUT2D eigenvalue weighted by Crippen LogP contribution is 2.14. The zero-order chi connectivity index (χ0) is 12.4. The van der Waals surface area contributed by atoms with Gasteiger partial charge in [0.05, 0.1) is 25.6 Å². The molecule has 0 aliphatic carbocycles. The molecule has 17 heavy (non-hydrogen) atoms. The molecule has 94 valence electrons. The first-order chi connectivity index (χ1) is 8.08. The average Bonchev–Trinajstić information content (AvgIpc) is 2.30. The van der Waals surface area contributed by atoms with Gasteiger partial charge in [-0.15, -0.1) is 0 Å². The van der Waals surface area contributed by atoms with Crippen molar-refractivity contribution in [2.24, 2.45) is 0 Å². The molecule has 2 rings (SSSR count). The van der Waals surface area contributed by atoms with Crippen LogP contribution in [0.25, 0.3) is 0 Å². The predicted molar refractivity (Wildman–Crippen MR) is 68.4 cm³/mol. The molecule has 0 amide bonds. The van der Waals surface area contributed by atoms with E-state index in [-0.39, 0.29) is 16.8 Å². The molecule has 1 unspecified atom stereocenters. The highest BCUT2D eigenvalue weighted by molar-refractivity contribution is 9.10. The predicted octanol–water partition coefficient (Wildman–Crippen LogP) is 0.990. The zero-order valence-electron chi connectivity index (χ0n) is 9.40. The molecule has 1 fully saturated rings. The lowest BCUT2D eigenvalue weighted by Crippen LogP contribution is -2.43. The van der Waals surface area contributed by atoms with E-state index >= 15 is 0 Å². The van der Waals surface area contributed by atoms with Crippen LogP contribution in [0, 0.1) is 0 Å². The lowest BCUT2D eigenvalue weighted by molar-refractivity contribution is -0.0280. The van der Waals surface area contributed by atoms with E-state index in [1.165, 1.54) is 10.9 Å². The molecule has 0 spiro atoms. The lowest BCUT2D eigenvalue weighted by Gasteiger charge is -2.30. The number of rotatable bonds is 2. The minimum Gasteiger partial charge on any atom is -0.374 e. The van der Waals surface area contributed by atoms with Crippen molar-refractivity contribution in [1.82, 2.24) is 14.5 Å². The van der Waals surface area contributed by atoms with Gasteiger partial charge in [0.1, 0.15) is 4.47 Å². The first kappa shape index (κ1) is 13.0. The summed E-state index contributed by atoms with van der Waals surface area (Å²) in [5, 5.41) is 0.188. The quantitative estimate of drug-likeness (QED) is 0.762. The van der Waals surface area contributed by atoms with Crippen molar-refractivity contribution in [2.45, 2.75) is 12.6 Å². The number of likely N-dealkylation sites (N-methyl/N-ethyl adjacent to an activating group) is 1. The Bertz CT molecular complexity index is 465. The Balaban J connectivity index is 2.13. The van der Waals surface area contributed by atoms with Crippen LogP contribution in [0.3, 0.4) is 0 Å². The number of morpholine rings is 1. The minimum atomic E-state index is -0.179. The van der Waals surface area contributed by atoms with Gasteiger partial charge in [-0.1, -0.05) is 11.6 Å². The first-order valence-corrected chi connectivity index (χ1v) is 6.45. The van der Waals surface area contributed by atoms with Crippen LogP contribution in [0.15, 0.2) is 15.6 Å². The molecule has 1 atom stereocenters. The second-order valence-corrected chi connectivity index (χ2v) is 5.21. The Morgan fingerprint density at radius 3 is 3.18 bits per heavy atom. The van der Waals surface area contributed by atoms with Gasteiger partial charge in [0, 0.05) is 13.1 Å². The molecule has 7 heteroatoms. The zero-order valence-corrected chi connectivity index (χ0v) is 11.7. The summed E-state index contributed by atoms with van der Waals surface area (Å²) >= 11 is 8.87. The van der Waals surface area contributed by atoms with E-state index in [1.807, 2.05) is 7.05 Å². The molecule has 2 heterocycles. The van der Waals surface area contributed by atoms with Gasteiger partial charge in [-0.3, -0.25) is 9.36 Å². The minimum absolute atomic E-state index is 0.0151. The molecular formula is C10H13BrClN3O2. The van der Waals surface area contributed by atoms with Gasteiger partial charge in [-0.2, -0.15) is 0 Å². The van der Waals surface area contributed by atoms with E-state index in [9.17, 15) is 4.79 Å². The number of ether oxygens (including phenoxy) is 1. The number of halogens is 2. The third-order valence-corrected chi connectivity index (χ3v) is 3.91. The van der Waals surface area contributed by atoms with E-state index < -0.39 is 0 Å². The topological polar surface area (TPSA) is 47.4 Å². The summed E-state index contributed by atoms with van der Waals surface area (Å²) < 4.78 is 7.41. The van der Waals surface area contributed by atoms with Crippen LogP contribution in [0.2, 0.25) is 5.15 Å². The highest BCUT2D eigenvalue weighted by atomic mass is 79.9. The molecule has 0 bridgehead atoms. The SMILES string of the molecule is CN1CCOC(Cn2cnc(Cl)c(Br)c2=O)C1. The highest BCUT2D eigenvalue weighted by Gasteiger charge is 2.19. The van der Waals surface area contributed by atoms with Gasteiger partial charge in [-0.25, -0.2) is 4.98 Å². The van der Waals surface area contributed by atoms with Crippen LogP contribution in [0.5, 0.6) is 0 Å². The van der Waals surface area contributed by atoms with Crippen LogP contribution < -0.4 is 5.56 Å². The van der Waals surface area contributed by atoms with Crippen molar-refractivity contribution >= 4 is 27.5 Å². The van der Waals surface area contributed by atoms with Crippen LogP contribution in [0.1, 0.15) is 0 Å². The second kappa shape index (κ2) is 5.48. The molecule has 1 aromatic heterocycles. The van der Waals surface area contributed by atoms with Crippen molar-refractivity contribution in [1.29, 1.82) is 0 Å². The van der Waals surface area contributed by atoms with Crippen molar-refractivity contribution in [2.75, 3.05) is 26.7 Å². The van der Waals surface area contributed by atoms with Crippen molar-refractivity contribution in [3.63, 3.8) is 0 Å². The lowest BCUT2D eigenvalue weighted by atomic mass is 10.3. The molecule has 0 N–H and O–H groups in total. The average molecular weight is 323 g/mol. The molecule has 1 aromatic rings. The number of nitrogens with zero attached hydrogens (tertiary/aromatic N) is 3. The Morgan fingerprint density at radius 1 is 1.71 bits per heavy atom. The van der Waals surface area contributed by atoms with Crippen LogP contribution >= 0.6 is 27.5 Å². The maximum absolute atomic E-state index is 11.9. The first-order valence-electron chi connectivity index (χ1n) is 5.28. The third kappa shape index (κ3) is 3.07. The van der Waals surface area contributed by atoms with Gasteiger partial charge >= 0.3 is 0 Å². The molecular weight excluding hydrogens is 309 g/mol. The fourth-order valence-electron chi connectivity index (χ4n) is 1.77. The van der Waals surface area contributed by atoms with Crippen LogP contribution in [-0.4, -0.2) is 47.3 Å². The maximum atomic E-state index is 11.9. The van der Waals surface area contributed by atoms with E-state index in [1.54, 1.807) is 0 Å². The van der Waals surface area contributed by atoms with E-state index in [2.05, 4.69) is 25.8 Å². The molecule has 0 radical (unpaired) electrons. The molecule has 1 saturated heterocycles. The number of hydrogen-bond donors (Lipinski definition) is 0. The summed E-state index contributed by atoms with van der Waals surface area (Å²) in [4.78, 5) is 18.0. The third-order valence-electron chi connectivity index (χ3n) is 2.68. The summed E-state index contributed by atoms with van der Waals surface area (Å²) in [6, 6.07) is 0. The smallest absolute Gasteiger partial charge is 0.269 e. The van der Waals surface area contributed by atoms with Gasteiger partial charge in [0.15, 0.2) is 5.15 Å². The van der Waals surface area contributed by atoms with Gasteiger partial charge in [-0.05, 0) is 23.0 Å².